The average Bonchev–Trinajstić information content (AvgIpc) is 2.55. The zero-order valence-electron chi connectivity index (χ0n) is 13.0. The van der Waals surface area contributed by atoms with Gasteiger partial charge in [0.05, 0.1) is 5.02 Å². The highest BCUT2D eigenvalue weighted by atomic mass is 35.5. The van der Waals surface area contributed by atoms with Crippen LogP contribution in [0.1, 0.15) is 12.8 Å². The monoisotopic (exact) mass is 391 g/mol. The molecule has 1 saturated heterocycles. The smallest absolute Gasteiger partial charge is 0.258 e. The molecule has 1 aromatic carbocycles. The van der Waals surface area contributed by atoms with Crippen molar-refractivity contribution >= 4 is 53.2 Å². The Kier molecular flexibility index (Phi) is 8.56. The maximum Gasteiger partial charge on any atom is 0.258 e. The summed E-state index contributed by atoms with van der Waals surface area (Å²) in [4.78, 5) is 16.3. The third kappa shape index (κ3) is 5.11. The molecule has 0 bridgehead atoms. The summed E-state index contributed by atoms with van der Waals surface area (Å²) in [6, 6.07) is 7.44. The van der Waals surface area contributed by atoms with Gasteiger partial charge in [-0.25, -0.2) is 0 Å². The van der Waals surface area contributed by atoms with Crippen LogP contribution in [0.3, 0.4) is 0 Å². The van der Waals surface area contributed by atoms with E-state index in [0.717, 1.165) is 31.3 Å². The summed E-state index contributed by atoms with van der Waals surface area (Å²) in [7, 11) is 0. The zero-order chi connectivity index (χ0) is 15.4. The molecule has 0 radical (unpaired) electrons. The van der Waals surface area contributed by atoms with Crippen LogP contribution < -0.4 is 15.4 Å². The number of aromatic nitrogens is 1. The van der Waals surface area contributed by atoms with Crippen molar-refractivity contribution in [2.45, 2.75) is 18.9 Å². The second-order valence-corrected chi connectivity index (χ2v) is 5.73. The number of fused-ring (bicyclic) bond motifs is 1. The van der Waals surface area contributed by atoms with Crippen molar-refractivity contribution < 1.29 is 9.53 Å². The predicted octanol–water partition coefficient (Wildman–Crippen LogP) is 2.98. The normalized spacial score (nSPS) is 14.4. The number of rotatable bonds is 4. The lowest BCUT2D eigenvalue weighted by atomic mass is 10.1. The van der Waals surface area contributed by atoms with E-state index < -0.39 is 0 Å². The lowest BCUT2D eigenvalue weighted by molar-refractivity contribution is -0.123. The number of nitrogens with one attached hydrogen (secondary N) is 2. The maximum absolute atomic E-state index is 12.0. The molecule has 0 unspecified atom stereocenters. The number of pyridine rings is 1. The number of benzene rings is 1. The SMILES string of the molecule is Cl.Cl.O=C(COc1ccc(Cl)c2cccnc12)NC1CCNCC1. The minimum atomic E-state index is -0.106. The highest BCUT2D eigenvalue weighted by Gasteiger charge is 2.16. The summed E-state index contributed by atoms with van der Waals surface area (Å²) in [6.45, 7) is 1.87. The number of hydrogen-bond donors (Lipinski definition) is 2. The van der Waals surface area contributed by atoms with Crippen molar-refractivity contribution in [1.82, 2.24) is 15.6 Å². The number of piperidine rings is 1. The molecular weight excluding hydrogens is 373 g/mol. The number of carbonyl (C=O) groups is 1. The Morgan fingerprint density at radius 1 is 1.29 bits per heavy atom. The molecular formula is C16H20Cl3N3O2. The van der Waals surface area contributed by atoms with Crippen molar-refractivity contribution in [3.63, 3.8) is 0 Å². The van der Waals surface area contributed by atoms with Gasteiger partial charge in [0, 0.05) is 17.6 Å². The van der Waals surface area contributed by atoms with E-state index in [-0.39, 0.29) is 43.4 Å². The second kappa shape index (κ2) is 9.89. The molecule has 0 aliphatic carbocycles. The van der Waals surface area contributed by atoms with Gasteiger partial charge in [0.15, 0.2) is 6.61 Å². The molecule has 1 fully saturated rings. The Hall–Kier alpha value is -1.27. The number of amides is 1. The predicted molar refractivity (Wildman–Crippen MR) is 101 cm³/mol. The minimum Gasteiger partial charge on any atom is -0.481 e. The van der Waals surface area contributed by atoms with Crippen LogP contribution in [-0.4, -0.2) is 36.6 Å². The summed E-state index contributed by atoms with van der Waals surface area (Å²) in [5.74, 6) is 0.464. The fourth-order valence-electron chi connectivity index (χ4n) is 2.61. The van der Waals surface area contributed by atoms with Gasteiger partial charge < -0.3 is 15.4 Å². The lowest BCUT2D eigenvalue weighted by Gasteiger charge is -2.23. The van der Waals surface area contributed by atoms with Gasteiger partial charge in [-0.1, -0.05) is 11.6 Å². The summed E-state index contributed by atoms with van der Waals surface area (Å²) in [6.07, 6.45) is 3.59. The van der Waals surface area contributed by atoms with Gasteiger partial charge in [0.1, 0.15) is 11.3 Å². The first kappa shape index (κ1) is 20.8. The summed E-state index contributed by atoms with van der Waals surface area (Å²) in [5, 5.41) is 7.71. The van der Waals surface area contributed by atoms with E-state index in [1.807, 2.05) is 12.1 Å². The summed E-state index contributed by atoms with van der Waals surface area (Å²) in [5.41, 5.74) is 0.671. The fourth-order valence-corrected chi connectivity index (χ4v) is 2.82. The Morgan fingerprint density at radius 2 is 2.04 bits per heavy atom. The van der Waals surface area contributed by atoms with E-state index in [9.17, 15) is 4.79 Å². The van der Waals surface area contributed by atoms with E-state index in [1.165, 1.54) is 0 Å². The highest BCUT2D eigenvalue weighted by Crippen LogP contribution is 2.29. The Balaban J connectivity index is 0.00000144. The molecule has 8 heteroatoms. The van der Waals surface area contributed by atoms with E-state index in [2.05, 4.69) is 15.6 Å². The van der Waals surface area contributed by atoms with Gasteiger partial charge in [0.25, 0.3) is 5.91 Å². The third-order valence-corrected chi connectivity index (χ3v) is 4.07. The number of hydrogen-bond acceptors (Lipinski definition) is 4. The molecule has 0 spiro atoms. The van der Waals surface area contributed by atoms with Gasteiger partial charge in [0.2, 0.25) is 0 Å². The van der Waals surface area contributed by atoms with Gasteiger partial charge in [-0.3, -0.25) is 9.78 Å². The standard InChI is InChI=1S/C16H18ClN3O2.2ClH/c17-13-3-4-14(16-12(13)2-1-7-19-16)22-10-15(21)20-11-5-8-18-9-6-11;;/h1-4,7,11,18H,5-6,8-10H2,(H,20,21);2*1H. The first-order valence-corrected chi connectivity index (χ1v) is 7.78. The Bertz CT molecular complexity index is 679. The number of carbonyl (C=O) groups excluding carboxylic acids is 1. The zero-order valence-corrected chi connectivity index (χ0v) is 15.3. The molecule has 1 aliphatic heterocycles. The largest absolute Gasteiger partial charge is 0.481 e. The van der Waals surface area contributed by atoms with Crippen LogP contribution in [0.15, 0.2) is 30.5 Å². The van der Waals surface area contributed by atoms with E-state index in [1.54, 1.807) is 18.3 Å². The van der Waals surface area contributed by atoms with E-state index in [4.69, 9.17) is 16.3 Å². The Morgan fingerprint density at radius 3 is 2.79 bits per heavy atom. The molecule has 1 amide bonds. The molecule has 24 heavy (non-hydrogen) atoms. The van der Waals surface area contributed by atoms with Crippen LogP contribution in [0.4, 0.5) is 0 Å². The van der Waals surface area contributed by atoms with Gasteiger partial charge in [-0.15, -0.1) is 24.8 Å². The molecule has 1 aromatic heterocycles. The van der Waals surface area contributed by atoms with Crippen LogP contribution >= 0.6 is 36.4 Å². The first-order chi connectivity index (χ1) is 10.7. The van der Waals surface area contributed by atoms with Crippen LogP contribution in [0.2, 0.25) is 5.02 Å². The molecule has 1 aliphatic rings. The summed E-state index contributed by atoms with van der Waals surface area (Å²) >= 11 is 6.14. The maximum atomic E-state index is 12.0. The van der Waals surface area contributed by atoms with E-state index >= 15 is 0 Å². The average molecular weight is 393 g/mol. The van der Waals surface area contributed by atoms with Crippen molar-refractivity contribution in [1.29, 1.82) is 0 Å². The van der Waals surface area contributed by atoms with Crippen LogP contribution in [-0.2, 0) is 4.79 Å². The second-order valence-electron chi connectivity index (χ2n) is 5.33. The third-order valence-electron chi connectivity index (χ3n) is 3.74. The number of halogens is 3. The molecule has 2 heterocycles. The van der Waals surface area contributed by atoms with Crippen molar-refractivity contribution in [3.05, 3.63) is 35.5 Å². The van der Waals surface area contributed by atoms with E-state index in [0.29, 0.717) is 16.3 Å². The molecule has 132 valence electrons. The molecule has 2 N–H and O–H groups in total. The quantitative estimate of drug-likeness (QED) is 0.839. The molecule has 3 rings (SSSR count). The van der Waals surface area contributed by atoms with Crippen molar-refractivity contribution in [2.75, 3.05) is 19.7 Å². The van der Waals surface area contributed by atoms with Gasteiger partial charge >= 0.3 is 0 Å². The first-order valence-electron chi connectivity index (χ1n) is 7.40. The van der Waals surface area contributed by atoms with Gasteiger partial charge in [-0.2, -0.15) is 0 Å². The molecule has 5 nitrogen and oxygen atoms in total. The van der Waals surface area contributed by atoms with Gasteiger partial charge in [-0.05, 0) is 50.2 Å². The van der Waals surface area contributed by atoms with Crippen LogP contribution in [0.5, 0.6) is 5.75 Å². The van der Waals surface area contributed by atoms with Crippen molar-refractivity contribution in [3.8, 4) is 5.75 Å². The van der Waals surface area contributed by atoms with Crippen LogP contribution in [0, 0.1) is 0 Å². The Labute approximate surface area is 158 Å². The van der Waals surface area contributed by atoms with Crippen LogP contribution in [0.25, 0.3) is 10.9 Å². The molecule has 0 atom stereocenters. The summed E-state index contributed by atoms with van der Waals surface area (Å²) < 4.78 is 5.63. The molecule has 2 aromatic rings. The fraction of sp³-hybridized carbons (Fsp3) is 0.375. The number of ether oxygens (including phenoxy) is 1. The molecule has 0 saturated carbocycles. The topological polar surface area (TPSA) is 63.2 Å². The lowest BCUT2D eigenvalue weighted by Crippen LogP contribution is -2.44. The number of nitrogens with zero attached hydrogens (tertiary/aromatic N) is 1. The highest BCUT2D eigenvalue weighted by molar-refractivity contribution is 6.35. The minimum absolute atomic E-state index is 0. The van der Waals surface area contributed by atoms with Crippen molar-refractivity contribution in [2.24, 2.45) is 0 Å².